The Balaban J connectivity index is 1.96. The molecule has 0 unspecified atom stereocenters. The zero-order valence-electron chi connectivity index (χ0n) is 11.8. The van der Waals surface area contributed by atoms with Gasteiger partial charge in [0.15, 0.2) is 0 Å². The number of ether oxygens (including phenoxy) is 2. The number of rotatable bonds is 7. The van der Waals surface area contributed by atoms with Gasteiger partial charge in [0.25, 0.3) is 0 Å². The van der Waals surface area contributed by atoms with Crippen LogP contribution in [0.15, 0.2) is 36.4 Å². The first-order valence-electron chi connectivity index (χ1n) is 6.68. The lowest BCUT2D eigenvalue weighted by molar-refractivity contribution is 0.202. The minimum Gasteiger partial charge on any atom is -0.490 e. The average molecular weight is 327 g/mol. The molecular weight excluding hydrogens is 311 g/mol. The summed E-state index contributed by atoms with van der Waals surface area (Å²) in [4.78, 5) is 0. The molecule has 2 rings (SSSR count). The lowest BCUT2D eigenvalue weighted by Crippen LogP contribution is -2.11. The monoisotopic (exact) mass is 326 g/mol. The van der Waals surface area contributed by atoms with E-state index in [-0.39, 0.29) is 43.3 Å². The second kappa shape index (κ2) is 7.98. The Morgan fingerprint density at radius 2 is 1.59 bits per heavy atom. The molecule has 0 aliphatic carbocycles. The molecule has 22 heavy (non-hydrogen) atoms. The predicted octanol–water partition coefficient (Wildman–Crippen LogP) is 2.92. The van der Waals surface area contributed by atoms with E-state index in [1.165, 1.54) is 12.1 Å². The van der Waals surface area contributed by atoms with E-state index in [0.717, 1.165) is 0 Å². The molecule has 0 spiro atoms. The summed E-state index contributed by atoms with van der Waals surface area (Å²) in [6.07, 6.45) is 0. The Labute approximate surface area is 132 Å². The van der Waals surface area contributed by atoms with E-state index in [9.17, 15) is 14.6 Å². The highest BCUT2D eigenvalue weighted by Gasteiger charge is 2.11. The third kappa shape index (κ3) is 4.34. The summed E-state index contributed by atoms with van der Waals surface area (Å²) in [5.41, 5.74) is 0.568. The van der Waals surface area contributed by atoms with Crippen LogP contribution in [0.3, 0.4) is 0 Å². The lowest BCUT2D eigenvalue weighted by atomic mass is 10.1. The van der Waals surface area contributed by atoms with E-state index >= 15 is 0 Å². The van der Waals surface area contributed by atoms with Crippen LogP contribution in [0.5, 0.6) is 11.5 Å². The predicted molar refractivity (Wildman–Crippen MR) is 80.7 cm³/mol. The van der Waals surface area contributed by atoms with Crippen LogP contribution in [0.1, 0.15) is 11.1 Å². The first-order chi connectivity index (χ1) is 10.6. The summed E-state index contributed by atoms with van der Waals surface area (Å²) >= 11 is 5.85. The van der Waals surface area contributed by atoms with Crippen molar-refractivity contribution in [1.29, 1.82) is 0 Å². The van der Waals surface area contributed by atoms with Crippen molar-refractivity contribution in [1.82, 2.24) is 0 Å². The third-order valence-corrected chi connectivity index (χ3v) is 3.18. The molecule has 0 saturated heterocycles. The fraction of sp³-hybridized carbons (Fsp3) is 0.250. The maximum atomic E-state index is 13.3. The molecular formula is C16H16ClFO4. The standard InChI is InChI=1S/C16H16ClFO4/c17-13-2-1-3-15(8-13)21-4-5-22-16-11(9-19)6-14(18)7-12(16)10-20/h1-3,6-8,19-20H,4-5,9-10H2. The van der Waals surface area contributed by atoms with E-state index in [0.29, 0.717) is 10.8 Å². The average Bonchev–Trinajstić information content (AvgIpc) is 2.51. The van der Waals surface area contributed by atoms with E-state index < -0.39 is 5.82 Å². The SMILES string of the molecule is OCc1cc(F)cc(CO)c1OCCOc1cccc(Cl)c1. The van der Waals surface area contributed by atoms with Gasteiger partial charge < -0.3 is 19.7 Å². The van der Waals surface area contributed by atoms with Crippen LogP contribution in [0.25, 0.3) is 0 Å². The van der Waals surface area contributed by atoms with Gasteiger partial charge in [-0.3, -0.25) is 0 Å². The first kappa shape index (κ1) is 16.5. The van der Waals surface area contributed by atoms with Crippen molar-refractivity contribution in [3.05, 3.63) is 58.4 Å². The molecule has 0 saturated carbocycles. The van der Waals surface area contributed by atoms with Gasteiger partial charge in [0.1, 0.15) is 30.5 Å². The van der Waals surface area contributed by atoms with Crippen LogP contribution >= 0.6 is 11.6 Å². The van der Waals surface area contributed by atoms with Crippen molar-refractivity contribution in [2.45, 2.75) is 13.2 Å². The molecule has 0 atom stereocenters. The molecule has 0 aliphatic heterocycles. The fourth-order valence-electron chi connectivity index (χ4n) is 1.99. The molecule has 0 aromatic heterocycles. The van der Waals surface area contributed by atoms with Crippen LogP contribution in [-0.4, -0.2) is 23.4 Å². The van der Waals surface area contributed by atoms with Gasteiger partial charge in [0, 0.05) is 16.1 Å². The van der Waals surface area contributed by atoms with Gasteiger partial charge in [-0.05, 0) is 30.3 Å². The summed E-state index contributed by atoms with van der Waals surface area (Å²) in [6.45, 7) is -0.337. The van der Waals surface area contributed by atoms with Gasteiger partial charge in [-0.15, -0.1) is 0 Å². The Bertz CT molecular complexity index is 608. The van der Waals surface area contributed by atoms with Crippen LogP contribution in [0.2, 0.25) is 5.02 Å². The van der Waals surface area contributed by atoms with Crippen molar-refractivity contribution in [2.24, 2.45) is 0 Å². The second-order valence-corrected chi connectivity index (χ2v) is 4.96. The van der Waals surface area contributed by atoms with Gasteiger partial charge in [0.05, 0.1) is 13.2 Å². The van der Waals surface area contributed by atoms with Gasteiger partial charge in [0.2, 0.25) is 0 Å². The number of hydrogen-bond donors (Lipinski definition) is 2. The van der Waals surface area contributed by atoms with Crippen molar-refractivity contribution in [3.63, 3.8) is 0 Å². The first-order valence-corrected chi connectivity index (χ1v) is 7.06. The Morgan fingerprint density at radius 3 is 2.18 bits per heavy atom. The third-order valence-electron chi connectivity index (χ3n) is 2.94. The number of aliphatic hydroxyl groups is 2. The molecule has 2 aromatic rings. The highest BCUT2D eigenvalue weighted by Crippen LogP contribution is 2.26. The zero-order chi connectivity index (χ0) is 15.9. The molecule has 118 valence electrons. The molecule has 0 fully saturated rings. The molecule has 2 N–H and O–H groups in total. The maximum Gasteiger partial charge on any atom is 0.130 e. The number of benzene rings is 2. The molecule has 0 radical (unpaired) electrons. The van der Waals surface area contributed by atoms with Crippen LogP contribution in [0.4, 0.5) is 4.39 Å². The van der Waals surface area contributed by atoms with Crippen molar-refractivity contribution < 1.29 is 24.1 Å². The second-order valence-electron chi connectivity index (χ2n) is 4.52. The smallest absolute Gasteiger partial charge is 0.130 e. The van der Waals surface area contributed by atoms with E-state index in [1.807, 2.05) is 0 Å². The highest BCUT2D eigenvalue weighted by molar-refractivity contribution is 6.30. The van der Waals surface area contributed by atoms with Crippen LogP contribution < -0.4 is 9.47 Å². The van der Waals surface area contributed by atoms with Crippen LogP contribution in [-0.2, 0) is 13.2 Å². The van der Waals surface area contributed by atoms with Gasteiger partial charge in [-0.1, -0.05) is 17.7 Å². The van der Waals surface area contributed by atoms with Gasteiger partial charge >= 0.3 is 0 Å². The quantitative estimate of drug-likeness (QED) is 0.768. The largest absolute Gasteiger partial charge is 0.490 e. The minimum atomic E-state index is -0.532. The normalized spacial score (nSPS) is 10.5. The van der Waals surface area contributed by atoms with Crippen LogP contribution in [0, 0.1) is 5.82 Å². The molecule has 0 heterocycles. The van der Waals surface area contributed by atoms with E-state index in [2.05, 4.69) is 0 Å². The molecule has 0 amide bonds. The van der Waals surface area contributed by atoms with Gasteiger partial charge in [-0.2, -0.15) is 0 Å². The summed E-state index contributed by atoms with van der Waals surface area (Å²) in [6, 6.07) is 9.30. The summed E-state index contributed by atoms with van der Waals surface area (Å²) in [5.74, 6) is 0.358. The number of halogens is 2. The molecule has 0 aliphatic rings. The molecule has 6 heteroatoms. The minimum absolute atomic E-state index is 0.179. The summed E-state index contributed by atoms with van der Waals surface area (Å²) in [5, 5.41) is 19.1. The number of aliphatic hydroxyl groups excluding tert-OH is 2. The molecule has 4 nitrogen and oxygen atoms in total. The van der Waals surface area contributed by atoms with E-state index in [4.69, 9.17) is 21.1 Å². The maximum absolute atomic E-state index is 13.3. The highest BCUT2D eigenvalue weighted by atomic mass is 35.5. The Hall–Kier alpha value is -1.82. The lowest BCUT2D eigenvalue weighted by Gasteiger charge is -2.14. The van der Waals surface area contributed by atoms with Crippen molar-refractivity contribution in [2.75, 3.05) is 13.2 Å². The summed E-state index contributed by atoms with van der Waals surface area (Å²) in [7, 11) is 0. The summed E-state index contributed by atoms with van der Waals surface area (Å²) < 4.78 is 24.3. The molecule has 0 bridgehead atoms. The fourth-order valence-corrected chi connectivity index (χ4v) is 2.17. The zero-order valence-corrected chi connectivity index (χ0v) is 12.5. The molecule has 2 aromatic carbocycles. The number of hydrogen-bond acceptors (Lipinski definition) is 4. The van der Waals surface area contributed by atoms with Gasteiger partial charge in [-0.25, -0.2) is 4.39 Å². The topological polar surface area (TPSA) is 58.9 Å². The Kier molecular flexibility index (Phi) is 6.00. The van der Waals surface area contributed by atoms with Crippen molar-refractivity contribution >= 4 is 11.6 Å². The Morgan fingerprint density at radius 1 is 0.955 bits per heavy atom. The van der Waals surface area contributed by atoms with Crippen molar-refractivity contribution in [3.8, 4) is 11.5 Å². The van der Waals surface area contributed by atoms with E-state index in [1.54, 1.807) is 24.3 Å².